The van der Waals surface area contributed by atoms with Crippen LogP contribution in [0.2, 0.25) is 0 Å². The predicted octanol–water partition coefficient (Wildman–Crippen LogP) is 4.18. The SMILES string of the molecule is CN(C)C1CN(C(c2ccccc2)c2ccccc2)CCC1C(C)(CN)NC(=O)c1ccccc1. The van der Waals surface area contributed by atoms with E-state index < -0.39 is 5.54 Å². The maximum Gasteiger partial charge on any atom is 0.251 e. The molecule has 1 fully saturated rings. The molecule has 3 unspecified atom stereocenters. The third kappa shape index (κ3) is 5.64. The molecular weight excluding hydrogens is 432 g/mol. The summed E-state index contributed by atoms with van der Waals surface area (Å²) in [4.78, 5) is 18.0. The molecule has 1 heterocycles. The van der Waals surface area contributed by atoms with Crippen LogP contribution in [0.15, 0.2) is 91.0 Å². The number of hydrogen-bond donors (Lipinski definition) is 2. The zero-order valence-electron chi connectivity index (χ0n) is 21.1. The van der Waals surface area contributed by atoms with Crippen LogP contribution in [0.1, 0.15) is 40.9 Å². The van der Waals surface area contributed by atoms with E-state index in [2.05, 4.69) is 96.8 Å². The zero-order valence-corrected chi connectivity index (χ0v) is 21.1. The largest absolute Gasteiger partial charge is 0.345 e. The van der Waals surface area contributed by atoms with E-state index in [4.69, 9.17) is 5.73 Å². The summed E-state index contributed by atoms with van der Waals surface area (Å²) in [5.41, 5.74) is 9.11. The van der Waals surface area contributed by atoms with Gasteiger partial charge in [-0.3, -0.25) is 9.69 Å². The minimum Gasteiger partial charge on any atom is -0.345 e. The third-order valence-electron chi connectivity index (χ3n) is 7.55. The van der Waals surface area contributed by atoms with Crippen molar-refractivity contribution in [3.05, 3.63) is 108 Å². The van der Waals surface area contributed by atoms with Crippen molar-refractivity contribution < 1.29 is 4.79 Å². The lowest BCUT2D eigenvalue weighted by Gasteiger charge is -2.51. The number of nitrogens with two attached hydrogens (primary N) is 1. The molecule has 0 aromatic heterocycles. The Morgan fingerprint density at radius 2 is 1.49 bits per heavy atom. The smallest absolute Gasteiger partial charge is 0.251 e. The molecule has 5 nitrogen and oxygen atoms in total. The third-order valence-corrected chi connectivity index (χ3v) is 7.55. The molecule has 3 aromatic rings. The maximum atomic E-state index is 13.1. The van der Waals surface area contributed by atoms with Crippen LogP contribution in [0.4, 0.5) is 0 Å². The predicted molar refractivity (Wildman–Crippen MR) is 143 cm³/mol. The minimum absolute atomic E-state index is 0.0649. The van der Waals surface area contributed by atoms with Gasteiger partial charge in [-0.05, 0) is 57.2 Å². The molecule has 3 N–H and O–H groups in total. The first-order chi connectivity index (χ1) is 16.9. The summed E-state index contributed by atoms with van der Waals surface area (Å²) in [6.07, 6.45) is 0.946. The molecule has 35 heavy (non-hydrogen) atoms. The molecule has 3 aromatic carbocycles. The number of carbonyl (C=O) groups excluding carboxylic acids is 1. The summed E-state index contributed by atoms with van der Waals surface area (Å²) in [5.74, 6) is 0.156. The molecular formula is C30H38N4O. The molecule has 1 amide bonds. The van der Waals surface area contributed by atoms with Gasteiger partial charge in [-0.1, -0.05) is 78.9 Å². The van der Waals surface area contributed by atoms with E-state index >= 15 is 0 Å². The fourth-order valence-electron chi connectivity index (χ4n) is 5.56. The Morgan fingerprint density at radius 1 is 0.971 bits per heavy atom. The lowest BCUT2D eigenvalue weighted by molar-refractivity contribution is 0.0219. The highest BCUT2D eigenvalue weighted by molar-refractivity contribution is 5.94. The van der Waals surface area contributed by atoms with Crippen LogP contribution >= 0.6 is 0 Å². The second kappa shape index (κ2) is 11.2. The van der Waals surface area contributed by atoms with E-state index in [0.29, 0.717) is 12.1 Å². The van der Waals surface area contributed by atoms with Gasteiger partial charge in [0.2, 0.25) is 0 Å². The number of likely N-dealkylation sites (tertiary alicyclic amines) is 1. The monoisotopic (exact) mass is 470 g/mol. The standard InChI is InChI=1S/C30H38N4O/c1-30(22-31,32-29(35)25-17-11-6-12-18-25)26-19-20-34(21-27(26)33(2)3)28(23-13-7-4-8-14-23)24-15-9-5-10-16-24/h4-18,26-28H,19-22,31H2,1-3H3,(H,32,35). The van der Waals surface area contributed by atoms with Crippen molar-refractivity contribution in [1.82, 2.24) is 15.1 Å². The molecule has 1 saturated heterocycles. The van der Waals surface area contributed by atoms with Crippen molar-refractivity contribution in [3.63, 3.8) is 0 Å². The van der Waals surface area contributed by atoms with Gasteiger partial charge in [0, 0.05) is 30.6 Å². The molecule has 0 spiro atoms. The van der Waals surface area contributed by atoms with Crippen LogP contribution in [0.5, 0.6) is 0 Å². The number of rotatable bonds is 8. The molecule has 1 aliphatic rings. The summed E-state index contributed by atoms with van der Waals surface area (Å²) >= 11 is 0. The van der Waals surface area contributed by atoms with Gasteiger partial charge in [0.25, 0.3) is 5.91 Å². The number of hydrogen-bond acceptors (Lipinski definition) is 4. The normalized spacial score (nSPS) is 20.5. The van der Waals surface area contributed by atoms with Gasteiger partial charge in [0.15, 0.2) is 0 Å². The minimum atomic E-state index is -0.511. The average molecular weight is 471 g/mol. The lowest BCUT2D eigenvalue weighted by Crippen LogP contribution is -2.65. The van der Waals surface area contributed by atoms with E-state index in [0.717, 1.165) is 19.5 Å². The topological polar surface area (TPSA) is 61.6 Å². The second-order valence-electron chi connectivity index (χ2n) is 10.1. The van der Waals surface area contributed by atoms with Crippen LogP contribution in [0, 0.1) is 5.92 Å². The van der Waals surface area contributed by atoms with Crippen molar-refractivity contribution in [2.45, 2.75) is 31.0 Å². The average Bonchev–Trinajstić information content (AvgIpc) is 2.90. The number of carbonyl (C=O) groups is 1. The van der Waals surface area contributed by atoms with E-state index in [1.165, 1.54) is 11.1 Å². The number of nitrogens with zero attached hydrogens (tertiary/aromatic N) is 2. The van der Waals surface area contributed by atoms with E-state index in [1.807, 2.05) is 30.3 Å². The van der Waals surface area contributed by atoms with E-state index in [9.17, 15) is 4.79 Å². The van der Waals surface area contributed by atoms with Gasteiger partial charge in [-0.15, -0.1) is 0 Å². The van der Waals surface area contributed by atoms with Gasteiger partial charge in [-0.25, -0.2) is 0 Å². The number of amides is 1. The molecule has 0 aliphatic carbocycles. The van der Waals surface area contributed by atoms with Crippen molar-refractivity contribution in [1.29, 1.82) is 0 Å². The molecule has 184 valence electrons. The highest BCUT2D eigenvalue weighted by Gasteiger charge is 2.44. The van der Waals surface area contributed by atoms with E-state index in [-0.39, 0.29) is 23.9 Å². The Balaban J connectivity index is 1.60. The molecule has 3 atom stereocenters. The van der Waals surface area contributed by atoms with Crippen LogP contribution in [-0.4, -0.2) is 61.0 Å². The molecule has 0 radical (unpaired) electrons. The first-order valence-electron chi connectivity index (χ1n) is 12.5. The highest BCUT2D eigenvalue weighted by atomic mass is 16.1. The van der Waals surface area contributed by atoms with Crippen LogP contribution in [0.25, 0.3) is 0 Å². The Hall–Kier alpha value is -2.99. The summed E-state index contributed by atoms with van der Waals surface area (Å²) < 4.78 is 0. The molecule has 0 saturated carbocycles. The summed E-state index contributed by atoms with van der Waals surface area (Å²) in [7, 11) is 4.27. The number of likely N-dealkylation sites (N-methyl/N-ethyl adjacent to an activating group) is 1. The molecule has 1 aliphatic heterocycles. The molecule has 5 heteroatoms. The lowest BCUT2D eigenvalue weighted by atomic mass is 9.74. The van der Waals surface area contributed by atoms with Crippen LogP contribution < -0.4 is 11.1 Å². The van der Waals surface area contributed by atoms with Gasteiger partial charge in [-0.2, -0.15) is 0 Å². The van der Waals surface area contributed by atoms with Gasteiger partial charge in [0.05, 0.1) is 11.6 Å². The fourth-order valence-corrected chi connectivity index (χ4v) is 5.56. The second-order valence-corrected chi connectivity index (χ2v) is 10.1. The summed E-state index contributed by atoms with van der Waals surface area (Å²) in [6, 6.07) is 31.3. The number of benzene rings is 3. The highest BCUT2D eigenvalue weighted by Crippen LogP contribution is 2.37. The Labute approximate surface area is 209 Å². The quantitative estimate of drug-likeness (QED) is 0.519. The molecule has 0 bridgehead atoms. The molecule has 4 rings (SSSR count). The van der Waals surface area contributed by atoms with Gasteiger partial charge in [0.1, 0.15) is 0 Å². The van der Waals surface area contributed by atoms with Gasteiger partial charge >= 0.3 is 0 Å². The summed E-state index contributed by atoms with van der Waals surface area (Å²) in [6.45, 7) is 4.32. The zero-order chi connectivity index (χ0) is 24.8. The van der Waals surface area contributed by atoms with Gasteiger partial charge < -0.3 is 16.0 Å². The van der Waals surface area contributed by atoms with Crippen molar-refractivity contribution in [2.24, 2.45) is 11.7 Å². The van der Waals surface area contributed by atoms with Crippen molar-refractivity contribution >= 4 is 5.91 Å². The van der Waals surface area contributed by atoms with Crippen LogP contribution in [0.3, 0.4) is 0 Å². The first kappa shape index (κ1) is 25.1. The Bertz CT molecular complexity index is 1030. The van der Waals surface area contributed by atoms with Crippen LogP contribution in [-0.2, 0) is 0 Å². The Kier molecular flexibility index (Phi) is 8.01. The van der Waals surface area contributed by atoms with Crippen molar-refractivity contribution in [2.75, 3.05) is 33.7 Å². The number of piperidine rings is 1. The fraction of sp³-hybridized carbons (Fsp3) is 0.367. The number of nitrogens with one attached hydrogen (secondary N) is 1. The van der Waals surface area contributed by atoms with E-state index in [1.54, 1.807) is 0 Å². The Morgan fingerprint density at radius 3 is 1.97 bits per heavy atom. The summed E-state index contributed by atoms with van der Waals surface area (Å²) in [5, 5.41) is 3.31. The first-order valence-corrected chi connectivity index (χ1v) is 12.5. The maximum absolute atomic E-state index is 13.1. The van der Waals surface area contributed by atoms with Crippen molar-refractivity contribution in [3.8, 4) is 0 Å².